The van der Waals surface area contributed by atoms with Crippen molar-refractivity contribution in [2.75, 3.05) is 0 Å². The first-order chi connectivity index (χ1) is 7.94. The van der Waals surface area contributed by atoms with Gasteiger partial charge in [-0.05, 0) is 59.7 Å². The molecule has 5 fully saturated rings. The summed E-state index contributed by atoms with van der Waals surface area (Å²) < 4.78 is 0. The Balaban J connectivity index is 1.45. The maximum atomic E-state index is 4.27. The molecule has 0 radical (unpaired) electrons. The minimum atomic E-state index is 0.714. The summed E-state index contributed by atoms with van der Waals surface area (Å²) in [6, 6.07) is 0. The zero-order valence-corrected chi connectivity index (χ0v) is 11.5. The van der Waals surface area contributed by atoms with E-state index in [4.69, 9.17) is 0 Å². The summed E-state index contributed by atoms with van der Waals surface area (Å²) in [4.78, 5) is 0. The Hall–Kier alpha value is -0.260. The summed E-state index contributed by atoms with van der Waals surface area (Å²) in [6.45, 7) is 11.7. The number of hydrogen-bond acceptors (Lipinski definition) is 0. The summed E-state index contributed by atoms with van der Waals surface area (Å²) in [5, 5.41) is 0. The fraction of sp³-hybridized carbons (Fsp3) is 0.882. The van der Waals surface area contributed by atoms with Crippen LogP contribution in [0.15, 0.2) is 12.2 Å². The molecule has 4 spiro atoms. The van der Waals surface area contributed by atoms with Gasteiger partial charge in [-0.15, -0.1) is 0 Å². The van der Waals surface area contributed by atoms with Crippen molar-refractivity contribution in [2.24, 2.45) is 33.0 Å². The molecule has 92 valence electrons. The number of hydrogen-bond donors (Lipinski definition) is 0. The van der Waals surface area contributed by atoms with E-state index in [0.717, 1.165) is 27.6 Å². The molecule has 0 aromatic carbocycles. The van der Waals surface area contributed by atoms with Crippen LogP contribution in [0.4, 0.5) is 0 Å². The van der Waals surface area contributed by atoms with E-state index >= 15 is 0 Å². The average Bonchev–Trinajstić information content (AvgIpc) is 3.12. The maximum Gasteiger partial charge on any atom is 0.00150 e. The van der Waals surface area contributed by atoms with Gasteiger partial charge < -0.3 is 0 Å². The normalized spacial score (nSPS) is 70.2. The van der Waals surface area contributed by atoms with Crippen LogP contribution in [0, 0.1) is 33.0 Å². The minimum absolute atomic E-state index is 0.714. The lowest BCUT2D eigenvalue weighted by Crippen LogP contribution is -2.12. The number of rotatable bonds is 2. The van der Waals surface area contributed by atoms with Gasteiger partial charge in [0.15, 0.2) is 0 Å². The predicted molar refractivity (Wildman–Crippen MR) is 69.5 cm³/mol. The quantitative estimate of drug-likeness (QED) is 0.608. The van der Waals surface area contributed by atoms with Crippen molar-refractivity contribution in [3.63, 3.8) is 0 Å². The van der Waals surface area contributed by atoms with Crippen molar-refractivity contribution in [2.45, 2.75) is 59.3 Å². The van der Waals surface area contributed by atoms with E-state index in [-0.39, 0.29) is 0 Å². The summed E-state index contributed by atoms with van der Waals surface area (Å²) in [5.74, 6) is 0.941. The molecule has 6 unspecified atom stereocenters. The summed E-state index contributed by atoms with van der Waals surface area (Å²) in [6.07, 6.45) is 9.04. The number of fused-ring (bicyclic) bond motifs is 3. The lowest BCUT2D eigenvalue weighted by atomic mass is 9.86. The molecule has 6 atom stereocenters. The zero-order chi connectivity index (χ0) is 11.9. The van der Waals surface area contributed by atoms with Crippen LogP contribution in [0.5, 0.6) is 0 Å². The molecule has 17 heavy (non-hydrogen) atoms. The van der Waals surface area contributed by atoms with E-state index in [9.17, 15) is 0 Å². The Morgan fingerprint density at radius 2 is 1.76 bits per heavy atom. The average molecular weight is 228 g/mol. The Bertz CT molecular complexity index is 490. The van der Waals surface area contributed by atoms with Crippen LogP contribution in [0.25, 0.3) is 0 Å². The smallest absolute Gasteiger partial charge is 0.00150 e. The minimum Gasteiger partial charge on any atom is -0.0992 e. The molecule has 0 N–H and O–H groups in total. The van der Waals surface area contributed by atoms with Crippen LogP contribution in [0.3, 0.4) is 0 Å². The zero-order valence-electron chi connectivity index (χ0n) is 11.5. The summed E-state index contributed by atoms with van der Waals surface area (Å²) >= 11 is 0. The Labute approximate surface area is 105 Å². The second-order valence-electron chi connectivity index (χ2n) is 8.54. The number of allylic oxidation sites excluding steroid dienone is 1. The molecule has 5 rings (SSSR count). The Morgan fingerprint density at radius 1 is 1.12 bits per heavy atom. The largest absolute Gasteiger partial charge is 0.0992 e. The molecular formula is C17H24. The van der Waals surface area contributed by atoms with Crippen LogP contribution in [0.1, 0.15) is 59.3 Å². The highest BCUT2D eigenvalue weighted by molar-refractivity contribution is 5.60. The SMILES string of the molecule is C=C1CC12CC21CC12CC21CC1(C)C(C)CC. The van der Waals surface area contributed by atoms with Crippen LogP contribution < -0.4 is 0 Å². The van der Waals surface area contributed by atoms with Crippen molar-refractivity contribution < 1.29 is 0 Å². The molecule has 0 aliphatic heterocycles. The van der Waals surface area contributed by atoms with Gasteiger partial charge in [0.1, 0.15) is 0 Å². The fourth-order valence-corrected chi connectivity index (χ4v) is 6.81. The van der Waals surface area contributed by atoms with Crippen LogP contribution in [-0.2, 0) is 0 Å². The van der Waals surface area contributed by atoms with Crippen molar-refractivity contribution in [3.05, 3.63) is 12.2 Å². The van der Waals surface area contributed by atoms with E-state index in [2.05, 4.69) is 27.4 Å². The lowest BCUT2D eigenvalue weighted by Gasteiger charge is -2.19. The van der Waals surface area contributed by atoms with Gasteiger partial charge >= 0.3 is 0 Å². The molecule has 0 aromatic heterocycles. The first-order valence-electron chi connectivity index (χ1n) is 7.62. The summed E-state index contributed by atoms with van der Waals surface area (Å²) in [5.41, 5.74) is 5.53. The van der Waals surface area contributed by atoms with E-state index in [1.165, 1.54) is 19.3 Å². The van der Waals surface area contributed by atoms with Crippen LogP contribution in [-0.4, -0.2) is 0 Å². The van der Waals surface area contributed by atoms with Crippen molar-refractivity contribution >= 4 is 0 Å². The molecule has 0 heterocycles. The molecule has 0 nitrogen and oxygen atoms in total. The monoisotopic (exact) mass is 228 g/mol. The second-order valence-corrected chi connectivity index (χ2v) is 8.54. The van der Waals surface area contributed by atoms with Crippen molar-refractivity contribution in [1.82, 2.24) is 0 Å². The van der Waals surface area contributed by atoms with Crippen LogP contribution >= 0.6 is 0 Å². The van der Waals surface area contributed by atoms with E-state index in [1.54, 1.807) is 24.8 Å². The van der Waals surface area contributed by atoms with Crippen molar-refractivity contribution in [3.8, 4) is 0 Å². The highest BCUT2D eigenvalue weighted by atomic mass is 15.1. The fourth-order valence-electron chi connectivity index (χ4n) is 6.81. The van der Waals surface area contributed by atoms with Crippen LogP contribution in [0.2, 0.25) is 0 Å². The maximum absolute atomic E-state index is 4.27. The molecule has 0 amide bonds. The predicted octanol–water partition coefficient (Wildman–Crippen LogP) is 4.56. The topological polar surface area (TPSA) is 0 Å². The Morgan fingerprint density at radius 3 is 2.29 bits per heavy atom. The third kappa shape index (κ3) is 0.629. The van der Waals surface area contributed by atoms with Crippen molar-refractivity contribution in [1.29, 1.82) is 0 Å². The third-order valence-corrected chi connectivity index (χ3v) is 8.59. The van der Waals surface area contributed by atoms with Gasteiger partial charge in [-0.2, -0.15) is 0 Å². The molecule has 5 aliphatic rings. The van der Waals surface area contributed by atoms with Gasteiger partial charge in [-0.25, -0.2) is 0 Å². The van der Waals surface area contributed by atoms with Gasteiger partial charge in [0.25, 0.3) is 0 Å². The lowest BCUT2D eigenvalue weighted by molar-refractivity contribution is 0.298. The van der Waals surface area contributed by atoms with Gasteiger partial charge in [0.05, 0.1) is 0 Å². The highest BCUT2D eigenvalue weighted by Crippen LogP contribution is 3.12. The van der Waals surface area contributed by atoms with Gasteiger partial charge in [0.2, 0.25) is 0 Å². The molecule has 5 saturated carbocycles. The molecule has 5 aliphatic carbocycles. The molecule has 0 heteroatoms. The van der Waals surface area contributed by atoms with E-state index in [1.807, 2.05) is 0 Å². The van der Waals surface area contributed by atoms with E-state index < -0.39 is 0 Å². The van der Waals surface area contributed by atoms with E-state index in [0.29, 0.717) is 5.41 Å². The molecular weight excluding hydrogens is 204 g/mol. The standard InChI is InChI=1S/C17H24/c1-5-11(2)13(4)7-15(13)9-17(15)10-16(17)8-14(16)6-12(14)3/h11H,3,5-10H2,1-2,4H3. The molecule has 0 bridgehead atoms. The van der Waals surface area contributed by atoms with Gasteiger partial charge in [-0.1, -0.05) is 39.3 Å². The molecule has 0 aromatic rings. The van der Waals surface area contributed by atoms with Gasteiger partial charge in [-0.3, -0.25) is 0 Å². The first-order valence-corrected chi connectivity index (χ1v) is 7.62. The second kappa shape index (κ2) is 1.96. The highest BCUT2D eigenvalue weighted by Gasteiger charge is 3.05. The molecule has 0 saturated heterocycles. The summed E-state index contributed by atoms with van der Waals surface area (Å²) in [7, 11) is 0. The third-order valence-electron chi connectivity index (χ3n) is 8.59. The van der Waals surface area contributed by atoms with Gasteiger partial charge in [0, 0.05) is 5.41 Å². The first kappa shape index (κ1) is 9.64. The Kier molecular flexibility index (Phi) is 1.11.